The van der Waals surface area contributed by atoms with Gasteiger partial charge in [-0.2, -0.15) is 0 Å². The fourth-order valence-corrected chi connectivity index (χ4v) is 5.69. The molecular formula is C36H55BrClN5O7. The molecule has 0 radical (unpaired) electrons. The molecule has 0 bridgehead atoms. The number of carbonyl (C=O) groups is 5. The molecule has 0 aliphatic carbocycles. The van der Waals surface area contributed by atoms with Crippen LogP contribution in [-0.4, -0.2) is 107 Å². The highest BCUT2D eigenvalue weighted by molar-refractivity contribution is 9.10. The van der Waals surface area contributed by atoms with Crippen molar-refractivity contribution in [3.8, 4) is 0 Å². The Morgan fingerprint density at radius 3 is 2.14 bits per heavy atom. The van der Waals surface area contributed by atoms with E-state index in [0.29, 0.717) is 11.6 Å². The molecule has 3 N–H and O–H groups in total. The molecule has 0 saturated carbocycles. The predicted octanol–water partition coefficient (Wildman–Crippen LogP) is 5.06. The number of amides is 5. The summed E-state index contributed by atoms with van der Waals surface area (Å²) in [4.78, 5) is 71.1. The summed E-state index contributed by atoms with van der Waals surface area (Å²) in [6.07, 6.45) is 3.04. The maximum absolute atomic E-state index is 14.2. The van der Waals surface area contributed by atoms with Gasteiger partial charge in [-0.3, -0.25) is 24.5 Å². The summed E-state index contributed by atoms with van der Waals surface area (Å²) >= 11 is 9.83. The second kappa shape index (κ2) is 21.1. The molecule has 0 heterocycles. The number of aliphatic hydroxyl groups excluding tert-OH is 1. The summed E-state index contributed by atoms with van der Waals surface area (Å²) in [6, 6.07) is 2.04. The summed E-state index contributed by atoms with van der Waals surface area (Å²) < 4.78 is 5.83. The molecule has 0 aliphatic heterocycles. The summed E-state index contributed by atoms with van der Waals surface area (Å²) in [6.45, 7) is 16.6. The third-order valence-electron chi connectivity index (χ3n) is 7.77. The van der Waals surface area contributed by atoms with Crippen LogP contribution in [-0.2, 0) is 30.3 Å². The zero-order chi connectivity index (χ0) is 38.3. The predicted molar refractivity (Wildman–Crippen MR) is 199 cm³/mol. The highest BCUT2D eigenvalue weighted by atomic mass is 79.9. The second-order valence-electron chi connectivity index (χ2n) is 13.7. The van der Waals surface area contributed by atoms with E-state index in [4.69, 9.17) is 16.3 Å². The highest BCUT2D eigenvalue weighted by Crippen LogP contribution is 2.25. The minimum Gasteiger partial charge on any atom is -0.444 e. The molecule has 0 aromatic heterocycles. The van der Waals surface area contributed by atoms with Crippen LogP contribution in [0.15, 0.2) is 48.0 Å². The summed E-state index contributed by atoms with van der Waals surface area (Å²) in [5.41, 5.74) is -0.144. The van der Waals surface area contributed by atoms with Crippen LogP contribution in [0.2, 0.25) is 5.02 Å². The Bertz CT molecular complexity index is 1350. The molecule has 14 heteroatoms. The van der Waals surface area contributed by atoms with Gasteiger partial charge in [0, 0.05) is 43.6 Å². The van der Waals surface area contributed by atoms with E-state index in [1.807, 2.05) is 19.9 Å². The van der Waals surface area contributed by atoms with Crippen molar-refractivity contribution in [1.29, 1.82) is 0 Å². The van der Waals surface area contributed by atoms with Crippen LogP contribution in [0, 0.1) is 5.92 Å². The number of aliphatic hydroxyl groups is 1. The van der Waals surface area contributed by atoms with Crippen molar-refractivity contribution < 1.29 is 33.8 Å². The maximum atomic E-state index is 14.2. The highest BCUT2D eigenvalue weighted by Gasteiger charge is 2.37. The minimum atomic E-state index is -2.00. The number of hydrogen-bond acceptors (Lipinski definition) is 7. The Morgan fingerprint density at radius 2 is 1.58 bits per heavy atom. The van der Waals surface area contributed by atoms with Crippen molar-refractivity contribution in [2.75, 3.05) is 27.7 Å². The Kier molecular flexibility index (Phi) is 18.8. The van der Waals surface area contributed by atoms with Crippen LogP contribution in [0.3, 0.4) is 0 Å². The lowest BCUT2D eigenvalue weighted by Crippen LogP contribution is -2.59. The van der Waals surface area contributed by atoms with Gasteiger partial charge in [0.1, 0.15) is 23.7 Å². The average molecular weight is 785 g/mol. The molecule has 1 aromatic carbocycles. The van der Waals surface area contributed by atoms with E-state index < -0.39 is 53.8 Å². The van der Waals surface area contributed by atoms with Crippen LogP contribution in [0.4, 0.5) is 4.79 Å². The molecule has 0 unspecified atom stereocenters. The zero-order valence-electron chi connectivity index (χ0n) is 30.6. The zero-order valence-corrected chi connectivity index (χ0v) is 33.0. The fraction of sp³-hybridized carbons (Fsp3) is 0.583. The first-order valence-corrected chi connectivity index (χ1v) is 17.8. The first-order chi connectivity index (χ1) is 23.2. The summed E-state index contributed by atoms with van der Waals surface area (Å²) in [5, 5.41) is 15.8. The number of allylic oxidation sites excluding steroid dienone is 1. The number of carbonyl (C=O) groups excluding carboxylic acids is 5. The average Bonchev–Trinajstić information content (AvgIpc) is 3.02. The molecular weight excluding hydrogens is 730 g/mol. The van der Waals surface area contributed by atoms with Crippen LogP contribution < -0.4 is 10.6 Å². The number of halogens is 2. The van der Waals surface area contributed by atoms with Crippen molar-refractivity contribution in [3.05, 3.63) is 58.6 Å². The quantitative estimate of drug-likeness (QED) is 0.101. The monoisotopic (exact) mass is 783 g/mol. The Labute approximate surface area is 310 Å². The van der Waals surface area contributed by atoms with Crippen molar-refractivity contribution in [3.63, 3.8) is 0 Å². The number of hydrogen-bond donors (Lipinski definition) is 3. The largest absolute Gasteiger partial charge is 0.444 e. The maximum Gasteiger partial charge on any atom is 0.410 e. The molecule has 4 atom stereocenters. The van der Waals surface area contributed by atoms with E-state index in [1.54, 1.807) is 50.9 Å². The summed E-state index contributed by atoms with van der Waals surface area (Å²) in [7, 11) is 4.52. The first-order valence-electron chi connectivity index (χ1n) is 16.7. The van der Waals surface area contributed by atoms with Crippen LogP contribution in [0.1, 0.15) is 72.3 Å². The third-order valence-corrected chi connectivity index (χ3v) is 8.77. The number of benzene rings is 1. The van der Waals surface area contributed by atoms with Gasteiger partial charge in [0.2, 0.25) is 23.9 Å². The second-order valence-corrected chi connectivity index (χ2v) is 15.0. The van der Waals surface area contributed by atoms with Crippen LogP contribution >= 0.6 is 27.5 Å². The van der Waals surface area contributed by atoms with Gasteiger partial charge in [0.05, 0.1) is 0 Å². The number of alkyl carbamates (subject to hydrolysis) is 1. The van der Waals surface area contributed by atoms with Crippen molar-refractivity contribution in [2.24, 2.45) is 5.92 Å². The number of likely N-dealkylation sites (N-methyl/N-ethyl adjacent to an activating group) is 3. The molecule has 5 amide bonds. The third kappa shape index (κ3) is 14.8. The van der Waals surface area contributed by atoms with E-state index >= 15 is 0 Å². The lowest BCUT2D eigenvalue weighted by atomic mass is 9.99. The molecule has 0 aliphatic rings. The lowest BCUT2D eigenvalue weighted by molar-refractivity contribution is -0.149. The van der Waals surface area contributed by atoms with Gasteiger partial charge in [-0.15, -0.1) is 13.2 Å². The number of nitrogens with one attached hydrogen (secondary N) is 2. The number of rotatable bonds is 19. The smallest absolute Gasteiger partial charge is 0.410 e. The van der Waals surface area contributed by atoms with Gasteiger partial charge in [0.25, 0.3) is 5.91 Å². The number of unbranched alkanes of at least 4 members (excludes halogenated alkanes) is 2. The minimum absolute atomic E-state index is 0.0216. The number of ether oxygens (including phenoxy) is 1. The van der Waals surface area contributed by atoms with Gasteiger partial charge in [-0.25, -0.2) is 4.79 Å². The molecule has 12 nitrogen and oxygen atoms in total. The SMILES string of the molecule is C=CCCCCN(C)C(=O)[C@H](Cc1cc(Cl)ccc1Br)N(C)C(=O)[C@H](CC(C)C)NC(=O)[C@H](CC=C)N(C)C(=O)[C@H](O)NC(=O)OC(C)(C)C. The number of nitrogens with zero attached hydrogens (tertiary/aromatic N) is 3. The van der Waals surface area contributed by atoms with Crippen molar-refractivity contribution in [1.82, 2.24) is 25.3 Å². The van der Waals surface area contributed by atoms with E-state index in [1.165, 1.54) is 25.1 Å². The molecule has 1 rings (SSSR count). The van der Waals surface area contributed by atoms with E-state index in [2.05, 4.69) is 39.7 Å². The molecule has 280 valence electrons. The fourth-order valence-electron chi connectivity index (χ4n) is 5.09. The Balaban J connectivity index is 3.37. The Hall–Kier alpha value is -3.42. The van der Waals surface area contributed by atoms with E-state index in [-0.39, 0.29) is 31.1 Å². The molecule has 0 fully saturated rings. The van der Waals surface area contributed by atoms with Gasteiger partial charge >= 0.3 is 6.09 Å². The van der Waals surface area contributed by atoms with Crippen LogP contribution in [0.5, 0.6) is 0 Å². The normalized spacial score (nSPS) is 13.7. The molecule has 1 aromatic rings. The lowest BCUT2D eigenvalue weighted by Gasteiger charge is -2.35. The van der Waals surface area contributed by atoms with Gasteiger partial charge < -0.3 is 29.9 Å². The van der Waals surface area contributed by atoms with E-state index in [0.717, 1.165) is 34.2 Å². The Morgan fingerprint density at radius 1 is 0.960 bits per heavy atom. The van der Waals surface area contributed by atoms with E-state index in [9.17, 15) is 29.1 Å². The molecule has 0 spiro atoms. The van der Waals surface area contributed by atoms with Gasteiger partial charge in [0.15, 0.2) is 0 Å². The van der Waals surface area contributed by atoms with Crippen LogP contribution in [0.25, 0.3) is 0 Å². The van der Waals surface area contributed by atoms with Crippen molar-refractivity contribution >= 4 is 57.3 Å². The summed E-state index contributed by atoms with van der Waals surface area (Å²) in [5.74, 6) is -2.48. The van der Waals surface area contributed by atoms with Gasteiger partial charge in [-0.1, -0.05) is 53.5 Å². The first kappa shape index (κ1) is 44.6. The standard InChI is InChI=1S/C36H55BrClN5O7/c1-11-13-14-15-19-41(8)33(47)29(22-24-21-25(38)17-18-26(24)37)43(10)32(46)27(20-23(3)4)39-30(44)28(16-12-2)42(9)34(48)31(45)40-35(49)50-36(5,6)7/h11-12,17-18,21,23,27-29,31,45H,1-2,13-16,19-20,22H2,3-10H3,(H,39,44)(H,40,49)/t27-,28-,29-,31-/m0/s1. The van der Waals surface area contributed by atoms with Gasteiger partial charge in [-0.05, 0) is 82.6 Å². The topological polar surface area (TPSA) is 149 Å². The molecule has 0 saturated heterocycles. The van der Waals surface area contributed by atoms with Crippen molar-refractivity contribution in [2.45, 2.75) is 103 Å². The molecule has 50 heavy (non-hydrogen) atoms.